The standard InChI is InChI=1S/C31H17ClS2/c32-18-13-14-21-25(17-18)31(22-9-3-1-7-19(22)20-8-2-4-10-23(20)31)24-15-16-28-30(29(21)24)34-27-12-6-5-11-26(27)33-28/h1-17H. The van der Waals surface area contributed by atoms with Gasteiger partial charge in [0.15, 0.2) is 0 Å². The summed E-state index contributed by atoms with van der Waals surface area (Å²) in [5.41, 5.74) is 10.3. The van der Waals surface area contributed by atoms with Gasteiger partial charge in [-0.1, -0.05) is 108 Å². The molecule has 0 bridgehead atoms. The second-order valence-corrected chi connectivity index (χ2v) is 11.6. The molecular weight excluding hydrogens is 472 g/mol. The van der Waals surface area contributed by atoms with E-state index in [1.165, 1.54) is 64.1 Å². The van der Waals surface area contributed by atoms with Gasteiger partial charge in [0.05, 0.1) is 5.41 Å². The molecule has 5 aromatic rings. The highest BCUT2D eigenvalue weighted by atomic mass is 35.5. The van der Waals surface area contributed by atoms with Gasteiger partial charge in [-0.15, -0.1) is 0 Å². The topological polar surface area (TPSA) is 0 Å². The predicted molar refractivity (Wildman–Crippen MR) is 142 cm³/mol. The van der Waals surface area contributed by atoms with Crippen molar-refractivity contribution in [1.82, 2.24) is 0 Å². The van der Waals surface area contributed by atoms with E-state index in [0.717, 1.165) is 5.02 Å². The van der Waals surface area contributed by atoms with E-state index in [4.69, 9.17) is 11.6 Å². The van der Waals surface area contributed by atoms with Gasteiger partial charge in [-0.25, -0.2) is 0 Å². The van der Waals surface area contributed by atoms with Gasteiger partial charge in [0, 0.05) is 30.2 Å². The minimum Gasteiger partial charge on any atom is -0.0877 e. The zero-order valence-corrected chi connectivity index (χ0v) is 20.4. The van der Waals surface area contributed by atoms with Crippen LogP contribution in [0.15, 0.2) is 123 Å². The van der Waals surface area contributed by atoms with E-state index >= 15 is 0 Å². The minimum absolute atomic E-state index is 0.347. The maximum absolute atomic E-state index is 6.68. The molecule has 0 nitrogen and oxygen atoms in total. The van der Waals surface area contributed by atoms with Crippen molar-refractivity contribution in [2.75, 3.05) is 0 Å². The van der Waals surface area contributed by atoms with E-state index in [0.29, 0.717) is 0 Å². The molecule has 0 atom stereocenters. The van der Waals surface area contributed by atoms with Crippen LogP contribution in [0.2, 0.25) is 5.02 Å². The molecule has 1 aliphatic heterocycles. The monoisotopic (exact) mass is 488 g/mol. The Bertz CT molecular complexity index is 1640. The summed E-state index contributed by atoms with van der Waals surface area (Å²) in [6.45, 7) is 0. The van der Waals surface area contributed by atoms with Crippen LogP contribution in [0.5, 0.6) is 0 Å². The average molecular weight is 489 g/mol. The average Bonchev–Trinajstić information content (AvgIpc) is 3.34. The molecule has 0 aromatic heterocycles. The van der Waals surface area contributed by atoms with Crippen LogP contribution >= 0.6 is 35.1 Å². The van der Waals surface area contributed by atoms with Crippen LogP contribution in [0, 0.1) is 0 Å². The van der Waals surface area contributed by atoms with Crippen molar-refractivity contribution in [3.05, 3.63) is 130 Å². The highest BCUT2D eigenvalue weighted by Gasteiger charge is 2.52. The van der Waals surface area contributed by atoms with Crippen molar-refractivity contribution in [1.29, 1.82) is 0 Å². The van der Waals surface area contributed by atoms with Gasteiger partial charge in [0.2, 0.25) is 0 Å². The van der Waals surface area contributed by atoms with Gasteiger partial charge < -0.3 is 0 Å². The first kappa shape index (κ1) is 19.4. The summed E-state index contributed by atoms with van der Waals surface area (Å²) >= 11 is 10.5. The molecule has 0 saturated heterocycles. The zero-order chi connectivity index (χ0) is 22.4. The Kier molecular flexibility index (Phi) is 3.89. The summed E-state index contributed by atoms with van der Waals surface area (Å²) in [6, 6.07) is 37.7. The first-order chi connectivity index (χ1) is 16.8. The molecule has 160 valence electrons. The van der Waals surface area contributed by atoms with Crippen molar-refractivity contribution in [3.63, 3.8) is 0 Å². The van der Waals surface area contributed by atoms with Crippen LogP contribution in [-0.4, -0.2) is 0 Å². The zero-order valence-electron chi connectivity index (χ0n) is 18.0. The molecule has 0 saturated carbocycles. The summed E-state index contributed by atoms with van der Waals surface area (Å²) in [6.07, 6.45) is 0. The lowest BCUT2D eigenvalue weighted by Crippen LogP contribution is -2.25. The number of benzene rings is 5. The van der Waals surface area contributed by atoms with E-state index in [9.17, 15) is 0 Å². The smallest absolute Gasteiger partial charge is 0.0726 e. The number of hydrogen-bond donors (Lipinski definition) is 0. The van der Waals surface area contributed by atoms with Gasteiger partial charge in [0.1, 0.15) is 0 Å². The van der Waals surface area contributed by atoms with E-state index in [1.54, 1.807) is 0 Å². The van der Waals surface area contributed by atoms with Gasteiger partial charge in [-0.05, 0) is 69.3 Å². The highest BCUT2D eigenvalue weighted by Crippen LogP contribution is 2.66. The molecule has 1 spiro atoms. The van der Waals surface area contributed by atoms with Gasteiger partial charge in [-0.2, -0.15) is 0 Å². The predicted octanol–water partition coefficient (Wildman–Crippen LogP) is 9.30. The Morgan fingerprint density at radius 3 is 1.88 bits per heavy atom. The van der Waals surface area contributed by atoms with E-state index in [2.05, 4.69) is 97.1 Å². The minimum atomic E-state index is -0.347. The number of fused-ring (bicyclic) bond motifs is 13. The lowest BCUT2D eigenvalue weighted by Gasteiger charge is -2.31. The van der Waals surface area contributed by atoms with Gasteiger partial charge in [-0.3, -0.25) is 0 Å². The fourth-order valence-corrected chi connectivity index (χ4v) is 8.76. The van der Waals surface area contributed by atoms with Crippen LogP contribution in [0.25, 0.3) is 22.3 Å². The maximum atomic E-state index is 6.68. The first-order valence-electron chi connectivity index (χ1n) is 11.4. The van der Waals surface area contributed by atoms with Crippen LogP contribution in [0.3, 0.4) is 0 Å². The molecular formula is C31H17ClS2. The normalized spacial score (nSPS) is 15.2. The van der Waals surface area contributed by atoms with Crippen molar-refractivity contribution < 1.29 is 0 Å². The molecule has 8 rings (SSSR count). The fourth-order valence-electron chi connectivity index (χ4n) is 6.18. The third-order valence-corrected chi connectivity index (χ3v) is 10.2. The molecule has 0 amide bonds. The molecule has 0 fully saturated rings. The van der Waals surface area contributed by atoms with Crippen LogP contribution in [-0.2, 0) is 5.41 Å². The SMILES string of the molecule is Clc1ccc2c(c1)C1(c3ccccc3-c3ccccc31)c1ccc3c(c1-2)Sc1ccccc1S3. The van der Waals surface area contributed by atoms with Crippen LogP contribution in [0.4, 0.5) is 0 Å². The third kappa shape index (κ3) is 2.29. The van der Waals surface area contributed by atoms with Gasteiger partial charge in [0.25, 0.3) is 0 Å². The number of hydrogen-bond acceptors (Lipinski definition) is 2. The Labute approximate surface area is 212 Å². The van der Waals surface area contributed by atoms with Crippen LogP contribution < -0.4 is 0 Å². The summed E-state index contributed by atoms with van der Waals surface area (Å²) in [4.78, 5) is 5.36. The van der Waals surface area contributed by atoms with Gasteiger partial charge >= 0.3 is 0 Å². The second-order valence-electron chi connectivity index (χ2n) is 9.00. The van der Waals surface area contributed by atoms with Crippen molar-refractivity contribution >= 4 is 35.1 Å². The van der Waals surface area contributed by atoms with Crippen molar-refractivity contribution in [3.8, 4) is 22.3 Å². The molecule has 0 N–H and O–H groups in total. The molecule has 0 unspecified atom stereocenters. The van der Waals surface area contributed by atoms with Crippen LogP contribution in [0.1, 0.15) is 22.3 Å². The van der Waals surface area contributed by atoms with E-state index in [-0.39, 0.29) is 5.41 Å². The summed E-state index contributed by atoms with van der Waals surface area (Å²) in [7, 11) is 0. The number of rotatable bonds is 0. The maximum Gasteiger partial charge on any atom is 0.0726 e. The molecule has 3 aliphatic rings. The summed E-state index contributed by atoms with van der Waals surface area (Å²) in [5.74, 6) is 0. The summed E-state index contributed by atoms with van der Waals surface area (Å²) < 4.78 is 0. The highest BCUT2D eigenvalue weighted by molar-refractivity contribution is 8.05. The molecule has 5 aromatic carbocycles. The second kappa shape index (κ2) is 6.82. The van der Waals surface area contributed by atoms with E-state index < -0.39 is 0 Å². The number of halogens is 1. The van der Waals surface area contributed by atoms with Crippen molar-refractivity contribution in [2.24, 2.45) is 0 Å². The Hall–Kier alpha value is -2.91. The molecule has 34 heavy (non-hydrogen) atoms. The lowest BCUT2D eigenvalue weighted by atomic mass is 9.70. The molecule has 1 heterocycles. The largest absolute Gasteiger partial charge is 0.0877 e. The summed E-state index contributed by atoms with van der Waals surface area (Å²) in [5, 5.41) is 0.786. The first-order valence-corrected chi connectivity index (χ1v) is 13.4. The van der Waals surface area contributed by atoms with E-state index in [1.807, 2.05) is 29.6 Å². The Balaban J connectivity index is 1.52. The third-order valence-electron chi connectivity index (χ3n) is 7.41. The fraction of sp³-hybridized carbons (Fsp3) is 0.0323. The molecule has 2 aliphatic carbocycles. The Morgan fingerprint density at radius 2 is 1.15 bits per heavy atom. The molecule has 3 heteroatoms. The quantitative estimate of drug-likeness (QED) is 0.208. The van der Waals surface area contributed by atoms with Crippen molar-refractivity contribution in [2.45, 2.75) is 25.0 Å². The Morgan fingerprint density at radius 1 is 0.500 bits per heavy atom. The lowest BCUT2D eigenvalue weighted by molar-refractivity contribution is 0.791. The molecule has 0 radical (unpaired) electrons.